The van der Waals surface area contributed by atoms with Crippen molar-refractivity contribution in [1.82, 2.24) is 15.0 Å². The van der Waals surface area contributed by atoms with Crippen LogP contribution in [0.2, 0.25) is 0 Å². The molecule has 2 amide bonds. The summed E-state index contributed by atoms with van der Waals surface area (Å²) in [5.74, 6) is 0.498. The molecule has 2 heterocycles. The van der Waals surface area contributed by atoms with Gasteiger partial charge in [0.2, 0.25) is 21.8 Å². The average Bonchev–Trinajstić information content (AvgIpc) is 2.86. The molecule has 0 radical (unpaired) electrons. The van der Waals surface area contributed by atoms with Crippen molar-refractivity contribution in [3.8, 4) is 5.75 Å². The number of hydrogen-bond donors (Lipinski definition) is 2. The number of rotatable bonds is 7. The zero-order valence-electron chi connectivity index (χ0n) is 19.2. The van der Waals surface area contributed by atoms with Crippen molar-refractivity contribution >= 4 is 27.5 Å². The predicted octanol–water partition coefficient (Wildman–Crippen LogP) is 2.23. The second-order valence-corrected chi connectivity index (χ2v) is 10.6. The molecule has 2 aliphatic rings. The first kappa shape index (κ1) is 24.2. The van der Waals surface area contributed by atoms with Crippen LogP contribution in [0.4, 0.5) is 5.69 Å². The molecule has 0 saturated heterocycles. The van der Waals surface area contributed by atoms with Gasteiger partial charge in [0.1, 0.15) is 12.4 Å². The van der Waals surface area contributed by atoms with Crippen LogP contribution in [0, 0.1) is 11.8 Å². The maximum atomic E-state index is 12.9. The summed E-state index contributed by atoms with van der Waals surface area (Å²) in [7, 11) is -3.74. The Bertz CT molecular complexity index is 1130. The number of nitrogens with one attached hydrogen (secondary N) is 2. The van der Waals surface area contributed by atoms with Gasteiger partial charge in [0.15, 0.2) is 0 Å². The van der Waals surface area contributed by atoms with Crippen molar-refractivity contribution in [2.75, 3.05) is 24.6 Å². The Hall–Kier alpha value is -2.98. The molecule has 1 saturated carbocycles. The predicted molar refractivity (Wildman–Crippen MR) is 127 cm³/mol. The van der Waals surface area contributed by atoms with Gasteiger partial charge in [0, 0.05) is 38.3 Å². The third-order valence-corrected chi connectivity index (χ3v) is 7.87. The first-order valence-electron chi connectivity index (χ1n) is 11.5. The fourth-order valence-electron chi connectivity index (χ4n) is 4.47. The molecule has 10 heteroatoms. The van der Waals surface area contributed by atoms with Crippen LogP contribution in [0.15, 0.2) is 47.6 Å². The number of hydrogen-bond acceptors (Lipinski definition) is 6. The lowest BCUT2D eigenvalue weighted by molar-refractivity contribution is -0.126. The van der Waals surface area contributed by atoms with Crippen LogP contribution >= 0.6 is 0 Å². The minimum Gasteiger partial charge on any atom is -0.490 e. The summed E-state index contributed by atoms with van der Waals surface area (Å²) >= 11 is 0. The second kappa shape index (κ2) is 10.5. The van der Waals surface area contributed by atoms with Gasteiger partial charge < -0.3 is 15.0 Å². The number of ether oxygens (including phenoxy) is 1. The molecule has 1 fully saturated rings. The highest BCUT2D eigenvalue weighted by Gasteiger charge is 2.28. The molecule has 9 nitrogen and oxygen atoms in total. The van der Waals surface area contributed by atoms with Gasteiger partial charge in [-0.25, -0.2) is 13.1 Å². The lowest BCUT2D eigenvalue weighted by Crippen LogP contribution is -2.37. The molecule has 1 aromatic heterocycles. The third-order valence-electron chi connectivity index (χ3n) is 6.45. The molecule has 1 aliphatic heterocycles. The zero-order chi connectivity index (χ0) is 24.1. The van der Waals surface area contributed by atoms with E-state index in [-0.39, 0.29) is 28.5 Å². The van der Waals surface area contributed by atoms with Gasteiger partial charge in [-0.3, -0.25) is 14.6 Å². The second-order valence-electron chi connectivity index (χ2n) is 8.80. The number of benzene rings is 1. The number of carbonyl (C=O) groups is 2. The third kappa shape index (κ3) is 5.74. The van der Waals surface area contributed by atoms with E-state index in [0.717, 1.165) is 31.2 Å². The Morgan fingerprint density at radius 2 is 1.97 bits per heavy atom. The molecule has 34 heavy (non-hydrogen) atoms. The average molecular weight is 487 g/mol. The summed E-state index contributed by atoms with van der Waals surface area (Å²) in [6.07, 6.45) is 6.45. The van der Waals surface area contributed by atoms with E-state index in [1.54, 1.807) is 18.5 Å². The van der Waals surface area contributed by atoms with Crippen LogP contribution in [0.25, 0.3) is 0 Å². The van der Waals surface area contributed by atoms with E-state index in [1.807, 2.05) is 12.1 Å². The molecule has 1 aromatic carbocycles. The standard InChI is InChI=1S/C24H30N4O5S/c1-17(29)28-11-12-33-23-9-8-21(13-22(23)28)34(31,32)27-16-18-4-6-20(7-5-18)24(30)26-15-19-3-2-10-25-14-19/h2-3,8-10,13-14,18,20,27H,4-7,11-12,15-16H2,1H3,(H,26,30). The molecule has 0 atom stereocenters. The largest absolute Gasteiger partial charge is 0.490 e. The number of pyridine rings is 1. The van der Waals surface area contributed by atoms with E-state index in [4.69, 9.17) is 4.74 Å². The highest BCUT2D eigenvalue weighted by molar-refractivity contribution is 7.89. The van der Waals surface area contributed by atoms with Gasteiger partial charge in [-0.1, -0.05) is 6.07 Å². The van der Waals surface area contributed by atoms with Crippen molar-refractivity contribution in [3.63, 3.8) is 0 Å². The summed E-state index contributed by atoms with van der Waals surface area (Å²) in [6.45, 7) is 2.99. The number of aromatic nitrogens is 1. The minimum atomic E-state index is -3.74. The number of anilines is 1. The van der Waals surface area contributed by atoms with Crippen molar-refractivity contribution in [1.29, 1.82) is 0 Å². The maximum Gasteiger partial charge on any atom is 0.240 e. The zero-order valence-corrected chi connectivity index (χ0v) is 20.0. The van der Waals surface area contributed by atoms with Gasteiger partial charge in [0.25, 0.3) is 0 Å². The number of carbonyl (C=O) groups excluding carboxylic acids is 2. The highest BCUT2D eigenvalue weighted by Crippen LogP contribution is 2.34. The summed E-state index contributed by atoms with van der Waals surface area (Å²) in [6, 6.07) is 8.33. The Morgan fingerprint density at radius 3 is 2.68 bits per heavy atom. The van der Waals surface area contributed by atoms with E-state index in [2.05, 4.69) is 15.0 Å². The Labute approximate surface area is 199 Å². The van der Waals surface area contributed by atoms with Gasteiger partial charge in [-0.05, 0) is 61.4 Å². The van der Waals surface area contributed by atoms with E-state index in [0.29, 0.717) is 37.7 Å². The fourth-order valence-corrected chi connectivity index (χ4v) is 5.60. The molecular formula is C24H30N4O5S. The number of fused-ring (bicyclic) bond motifs is 1. The van der Waals surface area contributed by atoms with Gasteiger partial charge in [-0.15, -0.1) is 0 Å². The van der Waals surface area contributed by atoms with Crippen LogP contribution in [-0.2, 0) is 26.2 Å². The van der Waals surface area contributed by atoms with Crippen LogP contribution in [-0.4, -0.2) is 44.9 Å². The lowest BCUT2D eigenvalue weighted by Gasteiger charge is -2.29. The molecule has 1 aliphatic carbocycles. The number of amides is 2. The summed E-state index contributed by atoms with van der Waals surface area (Å²) in [4.78, 5) is 30.1. The lowest BCUT2D eigenvalue weighted by atomic mass is 9.81. The molecule has 0 spiro atoms. The molecule has 2 N–H and O–H groups in total. The van der Waals surface area contributed by atoms with Gasteiger partial charge in [-0.2, -0.15) is 0 Å². The summed E-state index contributed by atoms with van der Waals surface area (Å²) in [5.41, 5.74) is 1.43. The molecule has 2 aromatic rings. The summed E-state index contributed by atoms with van der Waals surface area (Å²) < 4.78 is 34.1. The Kier molecular flexibility index (Phi) is 7.47. The number of sulfonamides is 1. The molecule has 182 valence electrons. The highest BCUT2D eigenvalue weighted by atomic mass is 32.2. The Morgan fingerprint density at radius 1 is 1.18 bits per heavy atom. The van der Waals surface area contributed by atoms with E-state index < -0.39 is 10.0 Å². The monoisotopic (exact) mass is 486 g/mol. The normalized spacial score (nSPS) is 20.2. The van der Waals surface area contributed by atoms with Crippen LogP contribution in [0.5, 0.6) is 5.75 Å². The van der Waals surface area contributed by atoms with Gasteiger partial charge >= 0.3 is 0 Å². The van der Waals surface area contributed by atoms with Gasteiger partial charge in [0.05, 0.1) is 17.1 Å². The first-order valence-corrected chi connectivity index (χ1v) is 13.0. The van der Waals surface area contributed by atoms with Crippen LogP contribution in [0.1, 0.15) is 38.2 Å². The van der Waals surface area contributed by atoms with Crippen molar-refractivity contribution in [2.24, 2.45) is 11.8 Å². The van der Waals surface area contributed by atoms with Crippen molar-refractivity contribution < 1.29 is 22.7 Å². The molecule has 4 rings (SSSR count). The fraction of sp³-hybridized carbons (Fsp3) is 0.458. The first-order chi connectivity index (χ1) is 16.3. The topological polar surface area (TPSA) is 118 Å². The molecule has 0 unspecified atom stereocenters. The van der Waals surface area contributed by atoms with E-state index >= 15 is 0 Å². The quantitative estimate of drug-likeness (QED) is 0.620. The van der Waals surface area contributed by atoms with E-state index in [9.17, 15) is 18.0 Å². The summed E-state index contributed by atoms with van der Waals surface area (Å²) in [5, 5.41) is 2.97. The minimum absolute atomic E-state index is 0.0363. The van der Waals surface area contributed by atoms with Crippen LogP contribution in [0.3, 0.4) is 0 Å². The van der Waals surface area contributed by atoms with Crippen molar-refractivity contribution in [2.45, 2.75) is 44.0 Å². The SMILES string of the molecule is CC(=O)N1CCOc2ccc(S(=O)(=O)NCC3CCC(C(=O)NCc4cccnc4)CC3)cc21. The Balaban J connectivity index is 1.28. The van der Waals surface area contributed by atoms with Crippen molar-refractivity contribution in [3.05, 3.63) is 48.3 Å². The smallest absolute Gasteiger partial charge is 0.240 e. The molecular weight excluding hydrogens is 456 g/mol. The van der Waals surface area contributed by atoms with Crippen LogP contribution < -0.4 is 19.7 Å². The number of nitrogens with zero attached hydrogens (tertiary/aromatic N) is 2. The maximum absolute atomic E-state index is 12.9. The van der Waals surface area contributed by atoms with E-state index in [1.165, 1.54) is 24.0 Å². The molecule has 0 bridgehead atoms.